The van der Waals surface area contributed by atoms with Crippen molar-refractivity contribution in [3.8, 4) is 11.5 Å². The number of carbonyl (C=O) groups excluding carboxylic acids is 1. The Hall–Kier alpha value is -2.28. The molecule has 0 saturated heterocycles. The van der Waals surface area contributed by atoms with E-state index in [9.17, 15) is 4.79 Å². The summed E-state index contributed by atoms with van der Waals surface area (Å²) in [4.78, 5) is 19.8. The molecule has 122 valence electrons. The molecule has 0 unspecified atom stereocenters. The minimum atomic E-state index is -0.193. The van der Waals surface area contributed by atoms with E-state index < -0.39 is 0 Å². The zero-order valence-electron chi connectivity index (χ0n) is 13.5. The molecule has 3 rings (SSSR count). The highest BCUT2D eigenvalue weighted by atomic mass is 32.1. The van der Waals surface area contributed by atoms with E-state index in [0.717, 1.165) is 15.6 Å². The summed E-state index contributed by atoms with van der Waals surface area (Å²) in [6.07, 6.45) is 0. The van der Waals surface area contributed by atoms with Crippen LogP contribution in [0.15, 0.2) is 18.2 Å². The van der Waals surface area contributed by atoms with Crippen LogP contribution in [0, 0.1) is 13.8 Å². The van der Waals surface area contributed by atoms with Gasteiger partial charge in [-0.05, 0) is 32.9 Å². The molecule has 1 aliphatic heterocycles. The quantitative estimate of drug-likeness (QED) is 0.930. The number of rotatable bonds is 3. The Kier molecular flexibility index (Phi) is 4.12. The number of aryl methyl sites for hydroxylation is 2. The van der Waals surface area contributed by atoms with Gasteiger partial charge >= 0.3 is 6.03 Å². The van der Waals surface area contributed by atoms with Crippen LogP contribution in [0.5, 0.6) is 11.5 Å². The zero-order valence-corrected chi connectivity index (χ0v) is 14.4. The number of aromatic nitrogens is 1. The van der Waals surface area contributed by atoms with Gasteiger partial charge in [0.25, 0.3) is 0 Å². The maximum Gasteiger partial charge on any atom is 0.322 e. The summed E-state index contributed by atoms with van der Waals surface area (Å²) < 4.78 is 10.6. The molecule has 1 aromatic heterocycles. The van der Waals surface area contributed by atoms with Crippen LogP contribution in [-0.4, -0.2) is 29.8 Å². The number of hydrogen-bond donors (Lipinski definition) is 1. The van der Waals surface area contributed by atoms with Crippen LogP contribution >= 0.6 is 11.3 Å². The van der Waals surface area contributed by atoms with Crippen LogP contribution in [0.2, 0.25) is 0 Å². The van der Waals surface area contributed by atoms with Crippen LogP contribution in [-0.2, 0) is 0 Å². The fraction of sp³-hybridized carbons (Fsp3) is 0.375. The molecule has 0 bridgehead atoms. The lowest BCUT2D eigenvalue weighted by atomic mass is 10.2. The number of ether oxygens (including phenoxy) is 2. The lowest BCUT2D eigenvalue weighted by Gasteiger charge is -2.24. The van der Waals surface area contributed by atoms with Crippen LogP contribution < -0.4 is 14.8 Å². The Morgan fingerprint density at radius 3 is 2.78 bits per heavy atom. The number of urea groups is 1. The molecule has 6 nitrogen and oxygen atoms in total. The van der Waals surface area contributed by atoms with Crippen LogP contribution in [0.1, 0.15) is 28.5 Å². The predicted molar refractivity (Wildman–Crippen MR) is 89.3 cm³/mol. The van der Waals surface area contributed by atoms with E-state index in [1.807, 2.05) is 20.8 Å². The Labute approximate surface area is 139 Å². The highest BCUT2D eigenvalue weighted by Gasteiger charge is 2.22. The Morgan fingerprint density at radius 2 is 2.09 bits per heavy atom. The molecule has 0 spiro atoms. The third kappa shape index (κ3) is 3.10. The van der Waals surface area contributed by atoms with Crippen LogP contribution in [0.4, 0.5) is 10.5 Å². The average molecular weight is 333 g/mol. The van der Waals surface area contributed by atoms with Gasteiger partial charge in [0.05, 0.1) is 16.7 Å². The van der Waals surface area contributed by atoms with Crippen molar-refractivity contribution in [3.05, 3.63) is 33.8 Å². The van der Waals surface area contributed by atoms with E-state index in [0.29, 0.717) is 17.2 Å². The van der Waals surface area contributed by atoms with Gasteiger partial charge in [0, 0.05) is 23.7 Å². The number of nitrogens with zero attached hydrogens (tertiary/aromatic N) is 2. The molecule has 0 radical (unpaired) electrons. The molecule has 7 heteroatoms. The maximum atomic E-state index is 12.5. The van der Waals surface area contributed by atoms with Crippen molar-refractivity contribution in [2.45, 2.75) is 26.8 Å². The van der Waals surface area contributed by atoms with Crippen molar-refractivity contribution >= 4 is 23.1 Å². The Bertz CT molecular complexity index is 744. The van der Waals surface area contributed by atoms with Crippen molar-refractivity contribution in [2.75, 3.05) is 19.2 Å². The van der Waals surface area contributed by atoms with Crippen molar-refractivity contribution in [1.29, 1.82) is 0 Å². The molecule has 1 atom stereocenters. The molecule has 0 saturated carbocycles. The van der Waals surface area contributed by atoms with Crippen molar-refractivity contribution in [3.63, 3.8) is 0 Å². The van der Waals surface area contributed by atoms with Gasteiger partial charge < -0.3 is 19.7 Å². The number of amides is 2. The van der Waals surface area contributed by atoms with Crippen molar-refractivity contribution < 1.29 is 14.3 Å². The summed E-state index contributed by atoms with van der Waals surface area (Å²) in [5, 5.41) is 3.88. The summed E-state index contributed by atoms with van der Waals surface area (Å²) in [6, 6.07) is 5.05. The van der Waals surface area contributed by atoms with Gasteiger partial charge in [-0.15, -0.1) is 11.3 Å². The second-order valence-corrected chi connectivity index (χ2v) is 6.87. The highest BCUT2D eigenvalue weighted by Crippen LogP contribution is 2.34. The molecular weight excluding hydrogens is 314 g/mol. The highest BCUT2D eigenvalue weighted by molar-refractivity contribution is 7.11. The van der Waals surface area contributed by atoms with Crippen LogP contribution in [0.3, 0.4) is 0 Å². The first-order valence-corrected chi connectivity index (χ1v) is 8.14. The number of benzene rings is 1. The average Bonchev–Trinajstić information content (AvgIpc) is 3.11. The Morgan fingerprint density at radius 1 is 1.35 bits per heavy atom. The summed E-state index contributed by atoms with van der Waals surface area (Å²) in [6.45, 7) is 6.19. The lowest BCUT2D eigenvalue weighted by molar-refractivity contribution is 0.174. The molecule has 1 aromatic carbocycles. The second-order valence-electron chi connectivity index (χ2n) is 5.46. The summed E-state index contributed by atoms with van der Waals surface area (Å²) in [5.74, 6) is 1.34. The van der Waals surface area contributed by atoms with E-state index >= 15 is 0 Å². The molecule has 1 aliphatic rings. The van der Waals surface area contributed by atoms with Gasteiger partial charge in [-0.1, -0.05) is 0 Å². The first-order valence-electron chi connectivity index (χ1n) is 7.33. The fourth-order valence-electron chi connectivity index (χ4n) is 2.48. The largest absolute Gasteiger partial charge is 0.454 e. The number of hydrogen-bond acceptors (Lipinski definition) is 5. The van der Waals surface area contributed by atoms with E-state index in [1.165, 1.54) is 0 Å². The number of thiazole rings is 1. The molecule has 1 N–H and O–H groups in total. The second kappa shape index (κ2) is 6.08. The van der Waals surface area contributed by atoms with Gasteiger partial charge in [-0.2, -0.15) is 0 Å². The molecule has 2 heterocycles. The van der Waals surface area contributed by atoms with Gasteiger partial charge in [-0.25, -0.2) is 9.78 Å². The molecule has 0 fully saturated rings. The first-order chi connectivity index (χ1) is 11.0. The lowest BCUT2D eigenvalue weighted by Crippen LogP contribution is -2.34. The minimum absolute atomic E-state index is 0.103. The third-order valence-electron chi connectivity index (χ3n) is 3.86. The normalized spacial score (nSPS) is 13.7. The van der Waals surface area contributed by atoms with Crippen LogP contribution in [0.25, 0.3) is 0 Å². The van der Waals surface area contributed by atoms with Gasteiger partial charge in [0.1, 0.15) is 0 Å². The monoisotopic (exact) mass is 333 g/mol. The van der Waals surface area contributed by atoms with Gasteiger partial charge in [-0.3, -0.25) is 0 Å². The number of fused-ring (bicyclic) bond motifs is 1. The van der Waals surface area contributed by atoms with E-state index in [-0.39, 0.29) is 18.9 Å². The topological polar surface area (TPSA) is 63.7 Å². The number of anilines is 1. The number of carbonyl (C=O) groups is 1. The molecule has 0 aliphatic carbocycles. The van der Waals surface area contributed by atoms with E-state index in [1.54, 1.807) is 41.5 Å². The summed E-state index contributed by atoms with van der Waals surface area (Å²) >= 11 is 1.64. The zero-order chi connectivity index (χ0) is 16.6. The summed E-state index contributed by atoms with van der Waals surface area (Å²) in [5.41, 5.74) is 1.61. The molecule has 23 heavy (non-hydrogen) atoms. The smallest absolute Gasteiger partial charge is 0.322 e. The molecule has 2 aromatic rings. The van der Waals surface area contributed by atoms with Gasteiger partial charge in [0.15, 0.2) is 11.5 Å². The van der Waals surface area contributed by atoms with Crippen molar-refractivity contribution in [1.82, 2.24) is 9.88 Å². The maximum absolute atomic E-state index is 12.5. The minimum Gasteiger partial charge on any atom is -0.454 e. The molecular formula is C16H19N3O3S. The standard InChI is InChI=1S/C16H19N3O3S/c1-9(15-10(2)23-11(3)17-15)19(4)16(20)18-12-5-6-13-14(7-12)22-8-21-13/h5-7,9H,8H2,1-4H3,(H,18,20)/t9-/m0/s1. The van der Waals surface area contributed by atoms with Gasteiger partial charge in [0.2, 0.25) is 6.79 Å². The Balaban J connectivity index is 1.71. The predicted octanol–water partition coefficient (Wildman–Crippen LogP) is 3.71. The number of nitrogens with one attached hydrogen (secondary N) is 1. The SMILES string of the molecule is Cc1nc([C@H](C)N(C)C(=O)Nc2ccc3c(c2)OCO3)c(C)s1. The fourth-order valence-corrected chi connectivity index (χ4v) is 3.39. The third-order valence-corrected chi connectivity index (χ3v) is 4.76. The first kappa shape index (κ1) is 15.6. The van der Waals surface area contributed by atoms with E-state index in [4.69, 9.17) is 9.47 Å². The summed E-state index contributed by atoms with van der Waals surface area (Å²) in [7, 11) is 1.76. The molecule has 2 amide bonds. The van der Waals surface area contributed by atoms with Crippen molar-refractivity contribution in [2.24, 2.45) is 0 Å². The van der Waals surface area contributed by atoms with E-state index in [2.05, 4.69) is 10.3 Å².